The van der Waals surface area contributed by atoms with Crippen LogP contribution in [-0.4, -0.2) is 42.4 Å². The van der Waals surface area contributed by atoms with Crippen molar-refractivity contribution in [1.82, 2.24) is 9.88 Å². The van der Waals surface area contributed by atoms with Crippen molar-refractivity contribution in [3.8, 4) is 5.75 Å². The third-order valence-electron chi connectivity index (χ3n) is 3.87. The van der Waals surface area contributed by atoms with Crippen LogP contribution in [0.2, 0.25) is 5.02 Å². The van der Waals surface area contributed by atoms with Crippen molar-refractivity contribution in [2.75, 3.05) is 26.0 Å². The number of carbonyl (C=O) groups excluding carboxylic acids is 2. The Balaban J connectivity index is 1.60. The van der Waals surface area contributed by atoms with Crippen LogP contribution in [0.15, 0.2) is 48.5 Å². The van der Waals surface area contributed by atoms with Crippen molar-refractivity contribution in [2.24, 2.45) is 0 Å². The number of hydrogen-bond donors (Lipinski definition) is 1. The van der Waals surface area contributed by atoms with Gasteiger partial charge in [0.05, 0.1) is 29.6 Å². The molecular weight excluding hydrogens is 398 g/mol. The Labute approximate surface area is 171 Å². The Hall–Kier alpha value is -2.90. The lowest BCUT2D eigenvalue weighted by atomic mass is 10.3. The number of halogens is 1. The van der Waals surface area contributed by atoms with Crippen LogP contribution < -0.4 is 10.1 Å². The first-order valence-corrected chi connectivity index (χ1v) is 9.58. The van der Waals surface area contributed by atoms with Gasteiger partial charge in [0.1, 0.15) is 10.8 Å². The Morgan fingerprint density at radius 2 is 2.07 bits per heavy atom. The van der Waals surface area contributed by atoms with Gasteiger partial charge in [-0.2, -0.15) is 0 Å². The molecule has 0 aliphatic rings. The Morgan fingerprint density at radius 3 is 2.82 bits per heavy atom. The topological polar surface area (TPSA) is 71.5 Å². The number of rotatable bonds is 6. The van der Waals surface area contributed by atoms with E-state index >= 15 is 0 Å². The molecule has 2 aromatic carbocycles. The average molecular weight is 416 g/mol. The molecule has 1 aromatic heterocycles. The van der Waals surface area contributed by atoms with E-state index in [9.17, 15) is 9.59 Å². The fourth-order valence-corrected chi connectivity index (χ4v) is 3.53. The first kappa shape index (κ1) is 19.9. The predicted octanol–water partition coefficient (Wildman–Crippen LogP) is 4.07. The smallest absolute Gasteiger partial charge is 0.246 e. The predicted molar refractivity (Wildman–Crippen MR) is 113 cm³/mol. The summed E-state index contributed by atoms with van der Waals surface area (Å²) >= 11 is 7.45. The Kier molecular flexibility index (Phi) is 6.28. The quantitative estimate of drug-likeness (QED) is 0.616. The van der Waals surface area contributed by atoms with Crippen LogP contribution >= 0.6 is 22.9 Å². The highest BCUT2D eigenvalue weighted by molar-refractivity contribution is 7.19. The van der Waals surface area contributed by atoms with Crippen LogP contribution in [-0.2, 0) is 9.59 Å². The number of hydrogen-bond acceptors (Lipinski definition) is 5. The number of fused-ring (bicyclic) bond motifs is 1. The van der Waals surface area contributed by atoms with E-state index in [1.54, 1.807) is 31.3 Å². The molecule has 28 heavy (non-hydrogen) atoms. The summed E-state index contributed by atoms with van der Waals surface area (Å²) in [7, 11) is 3.06. The minimum atomic E-state index is -0.357. The number of nitrogens with zero attached hydrogens (tertiary/aromatic N) is 2. The second-order valence-corrected chi connectivity index (χ2v) is 7.44. The number of benzene rings is 2. The molecule has 2 amide bonds. The van der Waals surface area contributed by atoms with Gasteiger partial charge in [-0.25, -0.2) is 4.98 Å². The lowest BCUT2D eigenvalue weighted by Crippen LogP contribution is -2.33. The standard InChI is InChI=1S/C20H18ClN3O3S/c1-24(12-18(25)22-15-11-13(21)7-8-16(15)27-2)20(26)10-9-19-23-14-5-3-4-6-17(14)28-19/h3-11H,12H2,1-2H3,(H,22,25)/b10-9+. The highest BCUT2D eigenvalue weighted by Crippen LogP contribution is 2.27. The van der Waals surface area contributed by atoms with Crippen LogP contribution in [0.3, 0.4) is 0 Å². The second-order valence-electron chi connectivity index (χ2n) is 5.94. The summed E-state index contributed by atoms with van der Waals surface area (Å²) in [5.41, 5.74) is 1.34. The molecule has 0 aliphatic carbocycles. The highest BCUT2D eigenvalue weighted by atomic mass is 35.5. The van der Waals surface area contributed by atoms with Gasteiger partial charge in [-0.05, 0) is 36.4 Å². The molecule has 0 spiro atoms. The molecule has 1 heterocycles. The molecule has 6 nitrogen and oxygen atoms in total. The number of ether oxygens (including phenoxy) is 1. The maximum atomic E-state index is 12.3. The van der Waals surface area contributed by atoms with Gasteiger partial charge in [-0.1, -0.05) is 23.7 Å². The molecule has 0 bridgehead atoms. The largest absolute Gasteiger partial charge is 0.495 e. The monoisotopic (exact) mass is 415 g/mol. The average Bonchev–Trinajstić information content (AvgIpc) is 3.09. The summed E-state index contributed by atoms with van der Waals surface area (Å²) in [4.78, 5) is 30.3. The normalized spacial score (nSPS) is 11.0. The number of thiazole rings is 1. The molecule has 144 valence electrons. The molecule has 0 aliphatic heterocycles. The third kappa shape index (κ3) is 4.88. The van der Waals surface area contributed by atoms with Gasteiger partial charge >= 0.3 is 0 Å². The number of likely N-dealkylation sites (N-methyl/N-ethyl adjacent to an activating group) is 1. The van der Waals surface area contributed by atoms with Gasteiger partial charge in [-0.3, -0.25) is 9.59 Å². The zero-order chi connectivity index (χ0) is 20.1. The maximum Gasteiger partial charge on any atom is 0.246 e. The van der Waals surface area contributed by atoms with E-state index in [2.05, 4.69) is 10.3 Å². The molecule has 0 unspecified atom stereocenters. The minimum Gasteiger partial charge on any atom is -0.495 e. The molecule has 1 N–H and O–H groups in total. The lowest BCUT2D eigenvalue weighted by molar-refractivity contribution is -0.129. The summed E-state index contributed by atoms with van der Waals surface area (Å²) in [6.07, 6.45) is 3.06. The van der Waals surface area contributed by atoms with Gasteiger partial charge in [0, 0.05) is 18.1 Å². The maximum absolute atomic E-state index is 12.3. The number of methoxy groups -OCH3 is 1. The number of amides is 2. The van der Waals surface area contributed by atoms with E-state index in [4.69, 9.17) is 16.3 Å². The molecular formula is C20H18ClN3O3S. The number of nitrogens with one attached hydrogen (secondary N) is 1. The first-order chi connectivity index (χ1) is 13.5. The van der Waals surface area contributed by atoms with Crippen molar-refractivity contribution < 1.29 is 14.3 Å². The van der Waals surface area contributed by atoms with Gasteiger partial charge in [-0.15, -0.1) is 11.3 Å². The summed E-state index contributed by atoms with van der Waals surface area (Å²) in [6, 6.07) is 12.7. The summed E-state index contributed by atoms with van der Waals surface area (Å²) in [6.45, 7) is -0.112. The van der Waals surface area contributed by atoms with E-state index < -0.39 is 0 Å². The minimum absolute atomic E-state index is 0.112. The second kappa shape index (κ2) is 8.86. The molecule has 0 radical (unpaired) electrons. The number of anilines is 1. The summed E-state index contributed by atoms with van der Waals surface area (Å²) < 4.78 is 6.25. The van der Waals surface area contributed by atoms with Crippen LogP contribution in [0, 0.1) is 0 Å². The number of carbonyl (C=O) groups is 2. The van der Waals surface area contributed by atoms with Crippen molar-refractivity contribution >= 4 is 56.7 Å². The molecule has 0 fully saturated rings. The zero-order valence-electron chi connectivity index (χ0n) is 15.3. The Bertz CT molecular complexity index is 1020. The van der Waals surface area contributed by atoms with E-state index in [0.717, 1.165) is 15.2 Å². The molecule has 3 rings (SSSR count). The molecule has 0 saturated carbocycles. The Morgan fingerprint density at radius 1 is 1.29 bits per heavy atom. The zero-order valence-corrected chi connectivity index (χ0v) is 16.9. The van der Waals surface area contributed by atoms with Crippen molar-refractivity contribution in [3.05, 3.63) is 58.6 Å². The summed E-state index contributed by atoms with van der Waals surface area (Å²) in [5, 5.41) is 3.91. The van der Waals surface area contributed by atoms with E-state index in [1.165, 1.54) is 29.4 Å². The van der Waals surface area contributed by atoms with Crippen LogP contribution in [0.1, 0.15) is 5.01 Å². The van der Waals surface area contributed by atoms with Crippen molar-refractivity contribution in [3.63, 3.8) is 0 Å². The molecule has 0 atom stereocenters. The van der Waals surface area contributed by atoms with Crippen LogP contribution in [0.4, 0.5) is 5.69 Å². The summed E-state index contributed by atoms with van der Waals surface area (Å²) in [5.74, 6) is -0.167. The molecule has 8 heteroatoms. The fraction of sp³-hybridized carbons (Fsp3) is 0.150. The number of para-hydroxylation sites is 1. The van der Waals surface area contributed by atoms with Crippen LogP contribution in [0.5, 0.6) is 5.75 Å². The highest BCUT2D eigenvalue weighted by Gasteiger charge is 2.13. The van der Waals surface area contributed by atoms with E-state index in [0.29, 0.717) is 16.5 Å². The van der Waals surface area contributed by atoms with Gasteiger partial charge in [0.2, 0.25) is 11.8 Å². The lowest BCUT2D eigenvalue weighted by Gasteiger charge is -2.16. The number of aromatic nitrogens is 1. The molecule has 0 saturated heterocycles. The van der Waals surface area contributed by atoms with Gasteiger partial charge in [0.25, 0.3) is 0 Å². The van der Waals surface area contributed by atoms with Crippen LogP contribution in [0.25, 0.3) is 16.3 Å². The first-order valence-electron chi connectivity index (χ1n) is 8.38. The van der Waals surface area contributed by atoms with E-state index in [1.807, 2.05) is 24.3 Å². The third-order valence-corrected chi connectivity index (χ3v) is 5.11. The van der Waals surface area contributed by atoms with E-state index in [-0.39, 0.29) is 18.4 Å². The van der Waals surface area contributed by atoms with Gasteiger partial charge < -0.3 is 15.0 Å². The van der Waals surface area contributed by atoms with Gasteiger partial charge in [0.15, 0.2) is 0 Å². The van der Waals surface area contributed by atoms with Crippen molar-refractivity contribution in [1.29, 1.82) is 0 Å². The molecule has 3 aromatic rings. The SMILES string of the molecule is COc1ccc(Cl)cc1NC(=O)CN(C)C(=O)/C=C/c1nc2ccccc2s1. The fourth-order valence-electron chi connectivity index (χ4n) is 2.49. The van der Waals surface area contributed by atoms with Crippen molar-refractivity contribution in [2.45, 2.75) is 0 Å².